The lowest BCUT2D eigenvalue weighted by Crippen LogP contribution is -3.12. The van der Waals surface area contributed by atoms with Crippen molar-refractivity contribution in [2.45, 2.75) is 12.6 Å². The second kappa shape index (κ2) is 4.84. The molecule has 2 aromatic heterocycles. The average Bonchev–Trinajstić information content (AvgIpc) is 2.72. The summed E-state index contributed by atoms with van der Waals surface area (Å²) in [5.74, 6) is 0. The van der Waals surface area contributed by atoms with Gasteiger partial charge in [0.05, 0.1) is 20.2 Å². The molecule has 96 valence electrons. The maximum Gasteiger partial charge on any atom is 0.162 e. The van der Waals surface area contributed by atoms with Gasteiger partial charge in [-0.3, -0.25) is 0 Å². The van der Waals surface area contributed by atoms with Crippen molar-refractivity contribution >= 4 is 22.6 Å². The number of ether oxygens (including phenoxy) is 1. The summed E-state index contributed by atoms with van der Waals surface area (Å²) in [6.45, 7) is 3.75. The van der Waals surface area contributed by atoms with Crippen LogP contribution in [0.4, 0.5) is 0 Å². The molecule has 2 aromatic rings. The van der Waals surface area contributed by atoms with Gasteiger partial charge in [0.2, 0.25) is 0 Å². The molecular formula is C12H16ClN4O+. The van der Waals surface area contributed by atoms with Gasteiger partial charge < -0.3 is 14.2 Å². The van der Waals surface area contributed by atoms with Crippen LogP contribution in [0.25, 0.3) is 11.0 Å². The van der Waals surface area contributed by atoms with E-state index in [9.17, 15) is 0 Å². The largest absolute Gasteiger partial charge is 0.365 e. The molecule has 1 aliphatic heterocycles. The van der Waals surface area contributed by atoms with Gasteiger partial charge in [0.1, 0.15) is 19.2 Å². The van der Waals surface area contributed by atoms with Gasteiger partial charge in [-0.25, -0.2) is 0 Å². The van der Waals surface area contributed by atoms with Crippen molar-refractivity contribution in [3.05, 3.63) is 23.5 Å². The van der Waals surface area contributed by atoms with Crippen molar-refractivity contribution in [1.29, 1.82) is 0 Å². The van der Waals surface area contributed by atoms with Gasteiger partial charge in [-0.1, -0.05) is 11.6 Å². The van der Waals surface area contributed by atoms with Gasteiger partial charge in [0.25, 0.3) is 0 Å². The molecule has 1 fully saturated rings. The third kappa shape index (κ3) is 2.34. The number of rotatable bonds is 2. The number of quaternary nitrogens is 1. The van der Waals surface area contributed by atoms with Crippen LogP contribution >= 0.6 is 11.6 Å². The molecule has 0 saturated carbocycles. The van der Waals surface area contributed by atoms with Crippen LogP contribution in [0.5, 0.6) is 0 Å². The van der Waals surface area contributed by atoms with Gasteiger partial charge in [-0.2, -0.15) is 0 Å². The monoisotopic (exact) mass is 267 g/mol. The van der Waals surface area contributed by atoms with Crippen molar-refractivity contribution in [3.8, 4) is 0 Å². The number of likely N-dealkylation sites (N-methyl/N-ethyl adjacent to an activating group) is 1. The molecule has 18 heavy (non-hydrogen) atoms. The highest BCUT2D eigenvalue weighted by Gasteiger charge is 2.21. The first-order chi connectivity index (χ1) is 8.72. The minimum atomic E-state index is 0.242. The number of fused-ring (bicyclic) bond motifs is 1. The molecule has 0 aliphatic carbocycles. The quantitative estimate of drug-likeness (QED) is 0.833. The highest BCUT2D eigenvalue weighted by molar-refractivity contribution is 6.29. The Morgan fingerprint density at radius 1 is 1.56 bits per heavy atom. The van der Waals surface area contributed by atoms with E-state index in [1.807, 2.05) is 18.3 Å². The topological polar surface area (TPSA) is 44.4 Å². The Bertz CT molecular complexity index is 556. The zero-order chi connectivity index (χ0) is 12.5. The van der Waals surface area contributed by atoms with Gasteiger partial charge >= 0.3 is 0 Å². The highest BCUT2D eigenvalue weighted by Crippen LogP contribution is 2.16. The summed E-state index contributed by atoms with van der Waals surface area (Å²) in [7, 11) is 2.20. The predicted molar refractivity (Wildman–Crippen MR) is 68.9 cm³/mol. The van der Waals surface area contributed by atoms with E-state index in [4.69, 9.17) is 16.3 Å². The fraction of sp³-hybridized carbons (Fsp3) is 0.500. The first-order valence-electron chi connectivity index (χ1n) is 6.13. The molecule has 0 radical (unpaired) electrons. The van der Waals surface area contributed by atoms with Crippen molar-refractivity contribution in [2.24, 2.45) is 0 Å². The van der Waals surface area contributed by atoms with E-state index in [-0.39, 0.29) is 6.10 Å². The molecule has 0 bridgehead atoms. The Labute approximate surface area is 110 Å². The van der Waals surface area contributed by atoms with E-state index >= 15 is 0 Å². The van der Waals surface area contributed by atoms with Gasteiger partial charge in [-0.05, 0) is 12.1 Å². The summed E-state index contributed by atoms with van der Waals surface area (Å²) in [5.41, 5.74) is 0.867. The maximum atomic E-state index is 5.83. The van der Waals surface area contributed by atoms with Crippen LogP contribution in [0.3, 0.4) is 0 Å². The van der Waals surface area contributed by atoms with E-state index in [0.717, 1.165) is 37.3 Å². The number of nitrogens with one attached hydrogen (secondary N) is 1. The minimum Gasteiger partial charge on any atom is -0.365 e. The van der Waals surface area contributed by atoms with Crippen LogP contribution in [0.15, 0.2) is 18.3 Å². The Kier molecular flexibility index (Phi) is 3.20. The molecule has 2 atom stereocenters. The second-order valence-corrected chi connectivity index (χ2v) is 5.21. The number of aromatic nitrogens is 3. The second-order valence-electron chi connectivity index (χ2n) is 4.82. The summed E-state index contributed by atoms with van der Waals surface area (Å²) in [6.07, 6.45) is 2.26. The first kappa shape index (κ1) is 11.9. The Balaban J connectivity index is 1.82. The summed E-state index contributed by atoms with van der Waals surface area (Å²) in [4.78, 5) is 1.51. The molecule has 0 amide bonds. The van der Waals surface area contributed by atoms with Crippen LogP contribution in [0.2, 0.25) is 5.15 Å². The van der Waals surface area contributed by atoms with Gasteiger partial charge in [-0.15, -0.1) is 10.2 Å². The summed E-state index contributed by atoms with van der Waals surface area (Å²) in [5, 5.41) is 9.49. The fourth-order valence-corrected chi connectivity index (χ4v) is 2.55. The minimum absolute atomic E-state index is 0.242. The number of morpholine rings is 1. The van der Waals surface area contributed by atoms with Crippen LogP contribution in [0, 0.1) is 0 Å². The van der Waals surface area contributed by atoms with Crippen LogP contribution in [-0.2, 0) is 11.3 Å². The van der Waals surface area contributed by atoms with Crippen molar-refractivity contribution in [3.63, 3.8) is 0 Å². The lowest BCUT2D eigenvalue weighted by Gasteiger charge is -2.27. The Morgan fingerprint density at radius 2 is 2.44 bits per heavy atom. The third-order valence-corrected chi connectivity index (χ3v) is 3.52. The molecule has 6 heteroatoms. The van der Waals surface area contributed by atoms with E-state index in [0.29, 0.717) is 5.15 Å². The summed E-state index contributed by atoms with van der Waals surface area (Å²) >= 11 is 5.83. The predicted octanol–water partition coefficient (Wildman–Crippen LogP) is -0.00180. The van der Waals surface area contributed by atoms with E-state index in [1.165, 1.54) is 4.90 Å². The SMILES string of the molecule is C[NH+]1CCOC(Cn2ccc3cc(Cl)nnc32)C1. The van der Waals surface area contributed by atoms with Crippen LogP contribution < -0.4 is 4.90 Å². The zero-order valence-corrected chi connectivity index (χ0v) is 11.0. The molecule has 1 N–H and O–H groups in total. The lowest BCUT2D eigenvalue weighted by molar-refractivity contribution is -0.892. The highest BCUT2D eigenvalue weighted by atomic mass is 35.5. The molecule has 0 aromatic carbocycles. The average molecular weight is 268 g/mol. The number of hydrogen-bond acceptors (Lipinski definition) is 3. The van der Waals surface area contributed by atoms with Gasteiger partial charge in [0, 0.05) is 11.6 Å². The number of halogens is 1. The van der Waals surface area contributed by atoms with Crippen LogP contribution in [0.1, 0.15) is 0 Å². The molecule has 2 unspecified atom stereocenters. The van der Waals surface area contributed by atoms with E-state index < -0.39 is 0 Å². The third-order valence-electron chi connectivity index (χ3n) is 3.34. The molecule has 5 nitrogen and oxygen atoms in total. The Hall–Kier alpha value is -1.17. The molecule has 3 heterocycles. The van der Waals surface area contributed by atoms with Crippen molar-refractivity contribution < 1.29 is 9.64 Å². The lowest BCUT2D eigenvalue weighted by atomic mass is 10.3. The fourth-order valence-electron chi connectivity index (χ4n) is 2.39. The molecule has 1 aliphatic rings. The summed E-state index contributed by atoms with van der Waals surface area (Å²) < 4.78 is 7.86. The summed E-state index contributed by atoms with van der Waals surface area (Å²) in [6, 6.07) is 3.84. The zero-order valence-electron chi connectivity index (χ0n) is 10.3. The number of nitrogens with zero attached hydrogens (tertiary/aromatic N) is 3. The standard InChI is InChI=1S/C12H15ClN4O/c1-16-4-5-18-10(7-16)8-17-3-2-9-6-11(13)14-15-12(9)17/h2-3,6,10H,4-5,7-8H2,1H3/p+1. The first-order valence-corrected chi connectivity index (χ1v) is 6.51. The van der Waals surface area contributed by atoms with Crippen molar-refractivity contribution in [1.82, 2.24) is 14.8 Å². The molecule has 3 rings (SSSR count). The smallest absolute Gasteiger partial charge is 0.162 e. The van der Waals surface area contributed by atoms with E-state index in [1.54, 1.807) is 0 Å². The van der Waals surface area contributed by atoms with E-state index in [2.05, 4.69) is 21.8 Å². The normalized spacial score (nSPS) is 24.6. The maximum absolute atomic E-state index is 5.83. The van der Waals surface area contributed by atoms with Crippen LogP contribution in [-0.4, -0.2) is 47.6 Å². The molecule has 1 saturated heterocycles. The van der Waals surface area contributed by atoms with Gasteiger partial charge in [0.15, 0.2) is 10.8 Å². The molecular weight excluding hydrogens is 252 g/mol. The van der Waals surface area contributed by atoms with Crippen molar-refractivity contribution in [2.75, 3.05) is 26.7 Å². The Morgan fingerprint density at radius 3 is 3.28 bits per heavy atom. The molecule has 0 spiro atoms. The number of hydrogen-bond donors (Lipinski definition) is 1.